The van der Waals surface area contributed by atoms with E-state index in [2.05, 4.69) is 52.0 Å². The van der Waals surface area contributed by atoms with Gasteiger partial charge in [-0.15, -0.1) is 0 Å². The lowest BCUT2D eigenvalue weighted by atomic mass is 9.86. The summed E-state index contributed by atoms with van der Waals surface area (Å²) in [5.74, 6) is 0.872. The van der Waals surface area contributed by atoms with Gasteiger partial charge in [0.05, 0.1) is 0 Å². The van der Waals surface area contributed by atoms with Crippen LogP contribution < -0.4 is 11.5 Å². The van der Waals surface area contributed by atoms with Crippen LogP contribution in [0.2, 0.25) is 0 Å². The highest BCUT2D eigenvalue weighted by molar-refractivity contribution is 5.75. The largest absolute Gasteiger partial charge is 0.399 e. The van der Waals surface area contributed by atoms with E-state index < -0.39 is 0 Å². The van der Waals surface area contributed by atoms with E-state index in [1.165, 1.54) is 22.3 Å². The number of nitrogen functional groups attached to an aromatic ring is 2. The zero-order chi connectivity index (χ0) is 14.9. The summed E-state index contributed by atoms with van der Waals surface area (Å²) in [6, 6.07) is 12.4. The Morgan fingerprint density at radius 1 is 0.650 bits per heavy atom. The van der Waals surface area contributed by atoms with Crippen LogP contribution in [0.5, 0.6) is 0 Å². The predicted octanol–water partition coefficient (Wildman–Crippen LogP) is 4.76. The Kier molecular flexibility index (Phi) is 4.03. The van der Waals surface area contributed by atoms with Gasteiger partial charge in [-0.05, 0) is 58.4 Å². The van der Waals surface area contributed by atoms with E-state index >= 15 is 0 Å². The number of anilines is 2. The van der Waals surface area contributed by atoms with Crippen LogP contribution in [0, 0.1) is 0 Å². The van der Waals surface area contributed by atoms with Gasteiger partial charge in [0.25, 0.3) is 0 Å². The van der Waals surface area contributed by atoms with Crippen molar-refractivity contribution in [1.29, 1.82) is 0 Å². The van der Waals surface area contributed by atoms with Gasteiger partial charge >= 0.3 is 0 Å². The molecule has 0 fully saturated rings. The number of rotatable bonds is 3. The van der Waals surface area contributed by atoms with E-state index in [1.54, 1.807) is 0 Å². The molecule has 0 radical (unpaired) electrons. The van der Waals surface area contributed by atoms with Crippen molar-refractivity contribution in [2.24, 2.45) is 0 Å². The zero-order valence-corrected chi connectivity index (χ0v) is 12.8. The second-order valence-corrected chi connectivity index (χ2v) is 6.00. The first kappa shape index (κ1) is 14.4. The van der Waals surface area contributed by atoms with Crippen molar-refractivity contribution in [2.75, 3.05) is 11.5 Å². The Balaban J connectivity index is 2.68. The molecule has 0 heterocycles. The van der Waals surface area contributed by atoms with Gasteiger partial charge in [-0.2, -0.15) is 0 Å². The molecule has 106 valence electrons. The van der Waals surface area contributed by atoms with Crippen LogP contribution in [0.25, 0.3) is 11.1 Å². The van der Waals surface area contributed by atoms with E-state index in [1.807, 2.05) is 12.1 Å². The van der Waals surface area contributed by atoms with Crippen LogP contribution >= 0.6 is 0 Å². The molecule has 4 N–H and O–H groups in total. The first-order chi connectivity index (χ1) is 9.40. The van der Waals surface area contributed by atoms with E-state index in [9.17, 15) is 0 Å². The monoisotopic (exact) mass is 268 g/mol. The van der Waals surface area contributed by atoms with Crippen LogP contribution in [0.15, 0.2) is 36.4 Å². The van der Waals surface area contributed by atoms with Crippen molar-refractivity contribution in [3.63, 3.8) is 0 Å². The average Bonchev–Trinajstić information content (AvgIpc) is 2.38. The van der Waals surface area contributed by atoms with Gasteiger partial charge in [0, 0.05) is 11.4 Å². The molecule has 20 heavy (non-hydrogen) atoms. The molecule has 0 bridgehead atoms. The van der Waals surface area contributed by atoms with Crippen LogP contribution in [0.3, 0.4) is 0 Å². The predicted molar refractivity (Wildman–Crippen MR) is 88.9 cm³/mol. The molecule has 2 nitrogen and oxygen atoms in total. The molecule has 0 aliphatic rings. The highest BCUT2D eigenvalue weighted by atomic mass is 14.5. The third kappa shape index (κ3) is 2.79. The van der Waals surface area contributed by atoms with Crippen LogP contribution in [0.4, 0.5) is 11.4 Å². The molecule has 2 rings (SSSR count). The van der Waals surface area contributed by atoms with Crippen LogP contribution in [0.1, 0.15) is 50.7 Å². The Bertz CT molecular complexity index is 557. The molecular weight excluding hydrogens is 244 g/mol. The lowest BCUT2D eigenvalue weighted by Crippen LogP contribution is -2.00. The number of nitrogens with two attached hydrogens (primary N) is 2. The normalized spacial score (nSPS) is 11.3. The van der Waals surface area contributed by atoms with E-state index in [0.29, 0.717) is 11.8 Å². The Morgan fingerprint density at radius 3 is 1.30 bits per heavy atom. The first-order valence-corrected chi connectivity index (χ1v) is 7.19. The minimum Gasteiger partial charge on any atom is -0.399 e. The van der Waals surface area contributed by atoms with Crippen molar-refractivity contribution < 1.29 is 0 Å². The molecule has 0 aliphatic carbocycles. The topological polar surface area (TPSA) is 52.0 Å². The van der Waals surface area contributed by atoms with E-state index in [-0.39, 0.29) is 0 Å². The maximum atomic E-state index is 5.95. The van der Waals surface area contributed by atoms with E-state index in [4.69, 9.17) is 11.5 Å². The fourth-order valence-corrected chi connectivity index (χ4v) is 2.61. The van der Waals surface area contributed by atoms with Crippen LogP contribution in [-0.4, -0.2) is 0 Å². The fraction of sp³-hybridized carbons (Fsp3) is 0.333. The zero-order valence-electron chi connectivity index (χ0n) is 12.8. The molecule has 0 spiro atoms. The molecule has 0 amide bonds. The lowest BCUT2D eigenvalue weighted by Gasteiger charge is -2.19. The fourth-order valence-electron chi connectivity index (χ4n) is 2.61. The third-order valence-electron chi connectivity index (χ3n) is 3.69. The van der Waals surface area contributed by atoms with Crippen molar-refractivity contribution in [3.8, 4) is 11.1 Å². The summed E-state index contributed by atoms with van der Waals surface area (Å²) < 4.78 is 0. The van der Waals surface area contributed by atoms with Gasteiger partial charge in [0.15, 0.2) is 0 Å². The van der Waals surface area contributed by atoms with Gasteiger partial charge in [0.2, 0.25) is 0 Å². The highest BCUT2D eigenvalue weighted by Gasteiger charge is 2.14. The Morgan fingerprint density at radius 2 is 1.00 bits per heavy atom. The van der Waals surface area contributed by atoms with Crippen molar-refractivity contribution >= 4 is 11.4 Å². The van der Waals surface area contributed by atoms with Crippen molar-refractivity contribution in [1.82, 2.24) is 0 Å². The average molecular weight is 268 g/mol. The van der Waals surface area contributed by atoms with Crippen LogP contribution in [-0.2, 0) is 0 Å². The summed E-state index contributed by atoms with van der Waals surface area (Å²) >= 11 is 0. The SMILES string of the molecule is CC(C)c1cc(N)ccc1-c1ccc(N)cc1C(C)C. The molecule has 0 atom stereocenters. The summed E-state index contributed by atoms with van der Waals surface area (Å²) in [6.45, 7) is 8.80. The van der Waals surface area contributed by atoms with Gasteiger partial charge < -0.3 is 11.5 Å². The second kappa shape index (κ2) is 5.58. The third-order valence-corrected chi connectivity index (χ3v) is 3.69. The molecule has 0 aliphatic heterocycles. The van der Waals surface area contributed by atoms with Crippen molar-refractivity contribution in [3.05, 3.63) is 47.5 Å². The number of hydrogen-bond acceptors (Lipinski definition) is 2. The summed E-state index contributed by atoms with van der Waals surface area (Å²) in [5, 5.41) is 0. The summed E-state index contributed by atoms with van der Waals surface area (Å²) in [5.41, 5.74) is 18.6. The highest BCUT2D eigenvalue weighted by Crippen LogP contribution is 2.36. The van der Waals surface area contributed by atoms with Gasteiger partial charge in [0.1, 0.15) is 0 Å². The minimum absolute atomic E-state index is 0.436. The molecule has 0 aromatic heterocycles. The Hall–Kier alpha value is -1.96. The van der Waals surface area contributed by atoms with E-state index in [0.717, 1.165) is 11.4 Å². The molecule has 0 saturated heterocycles. The number of benzene rings is 2. The Labute approximate surface area is 121 Å². The summed E-state index contributed by atoms with van der Waals surface area (Å²) in [4.78, 5) is 0. The standard InChI is InChI=1S/C18H24N2/c1-11(2)17-9-13(19)5-7-15(17)16-8-6-14(20)10-18(16)12(3)4/h5-12H,19-20H2,1-4H3. The smallest absolute Gasteiger partial charge is 0.0317 e. The lowest BCUT2D eigenvalue weighted by molar-refractivity contribution is 0.857. The van der Waals surface area contributed by atoms with Crippen molar-refractivity contribution in [2.45, 2.75) is 39.5 Å². The van der Waals surface area contributed by atoms with Gasteiger partial charge in [-0.25, -0.2) is 0 Å². The molecule has 2 aromatic carbocycles. The van der Waals surface area contributed by atoms with Gasteiger partial charge in [-0.1, -0.05) is 39.8 Å². The second-order valence-electron chi connectivity index (χ2n) is 6.00. The molecule has 0 saturated carbocycles. The number of hydrogen-bond donors (Lipinski definition) is 2. The molecular formula is C18H24N2. The van der Waals surface area contributed by atoms with Gasteiger partial charge in [-0.3, -0.25) is 0 Å². The maximum absolute atomic E-state index is 5.95. The summed E-state index contributed by atoms with van der Waals surface area (Å²) in [7, 11) is 0. The molecule has 2 heteroatoms. The molecule has 2 aromatic rings. The first-order valence-electron chi connectivity index (χ1n) is 7.19. The summed E-state index contributed by atoms with van der Waals surface area (Å²) in [6.07, 6.45) is 0. The maximum Gasteiger partial charge on any atom is 0.0317 e. The minimum atomic E-state index is 0.436. The quantitative estimate of drug-likeness (QED) is 0.788. The molecule has 0 unspecified atom stereocenters.